The second-order valence-electron chi connectivity index (χ2n) is 4.58. The fourth-order valence-corrected chi connectivity index (χ4v) is 3.45. The van der Waals surface area contributed by atoms with Crippen LogP contribution in [0.2, 0.25) is 0 Å². The van der Waals surface area contributed by atoms with Gasteiger partial charge in [-0.3, -0.25) is 24.4 Å². The molecule has 0 amide bonds. The molecule has 0 fully saturated rings. The molecule has 8 heteroatoms. The highest BCUT2D eigenvalue weighted by molar-refractivity contribution is 8.23. The maximum Gasteiger partial charge on any atom is 0.344 e. The zero-order valence-corrected chi connectivity index (χ0v) is 12.0. The minimum Gasteiger partial charge on any atom is -0.290 e. The number of hydrogen-bond acceptors (Lipinski definition) is 5. The van der Waals surface area contributed by atoms with E-state index in [4.69, 9.17) is 0 Å². The van der Waals surface area contributed by atoms with Gasteiger partial charge in [0.25, 0.3) is 5.69 Å². The minimum atomic E-state index is -3.41. The summed E-state index contributed by atoms with van der Waals surface area (Å²) < 4.78 is 21.1. The van der Waals surface area contributed by atoms with Crippen LogP contribution >= 0.6 is 10.6 Å². The predicted octanol–water partition coefficient (Wildman–Crippen LogP) is 2.74. The number of rotatable bonds is 4. The largest absolute Gasteiger partial charge is 0.344 e. The maximum atomic E-state index is 11.0. The molecule has 0 aliphatic heterocycles. The average Bonchev–Trinajstić information content (AvgIpc) is 2.38. The third kappa shape index (κ3) is 3.30. The average molecular weight is 311 g/mol. The van der Waals surface area contributed by atoms with Gasteiger partial charge in [0.15, 0.2) is 0 Å². The van der Waals surface area contributed by atoms with Crippen molar-refractivity contribution in [2.45, 2.75) is 17.7 Å². The Morgan fingerprint density at radius 1 is 1.29 bits per heavy atom. The smallest absolute Gasteiger partial charge is 0.290 e. The van der Waals surface area contributed by atoms with E-state index in [9.17, 15) is 24.4 Å². The molecule has 0 saturated heterocycles. The maximum absolute atomic E-state index is 11.0. The first-order valence-electron chi connectivity index (χ1n) is 6.01. The van der Waals surface area contributed by atoms with E-state index >= 15 is 0 Å². The van der Waals surface area contributed by atoms with Crippen LogP contribution in [-0.2, 0) is 5.75 Å². The predicted molar refractivity (Wildman–Crippen MR) is 76.5 cm³/mol. The summed E-state index contributed by atoms with van der Waals surface area (Å²) in [6.07, 6.45) is 1.26. The molecule has 1 aromatic heterocycles. The van der Waals surface area contributed by atoms with Crippen molar-refractivity contribution in [3.8, 4) is 0 Å². The highest BCUT2D eigenvalue weighted by Crippen LogP contribution is 2.50. The first kappa shape index (κ1) is 15.2. The van der Waals surface area contributed by atoms with Gasteiger partial charge in [-0.25, -0.2) is 0 Å². The Labute approximate surface area is 122 Å². The van der Waals surface area contributed by atoms with Gasteiger partial charge in [0.2, 0.25) is 6.20 Å². The molecule has 0 aliphatic carbocycles. The Morgan fingerprint density at radius 3 is 2.62 bits per heavy atom. The first-order chi connectivity index (χ1) is 9.81. The summed E-state index contributed by atoms with van der Waals surface area (Å²) in [5.41, 5.74) is 0.806. The van der Waals surface area contributed by atoms with E-state index in [1.54, 1.807) is 19.1 Å². The Kier molecular flexibility index (Phi) is 4.12. The lowest BCUT2D eigenvalue weighted by Crippen LogP contribution is -2.35. The van der Waals surface area contributed by atoms with Gasteiger partial charge in [-0.2, -0.15) is 0 Å². The van der Waals surface area contributed by atoms with Gasteiger partial charge in [0.05, 0.1) is 10.7 Å². The molecular formula is C13H15N2O5S+. The lowest BCUT2D eigenvalue weighted by atomic mass is 10.1. The van der Waals surface area contributed by atoms with Crippen LogP contribution in [0.4, 0.5) is 5.69 Å². The van der Waals surface area contributed by atoms with Crippen molar-refractivity contribution >= 4 is 16.3 Å². The molecule has 0 aliphatic rings. The van der Waals surface area contributed by atoms with Crippen molar-refractivity contribution in [1.29, 1.82) is 0 Å². The second-order valence-corrected chi connectivity index (χ2v) is 6.62. The fourth-order valence-electron chi connectivity index (χ4n) is 1.98. The molecular weight excluding hydrogens is 296 g/mol. The van der Waals surface area contributed by atoms with Crippen molar-refractivity contribution in [1.82, 2.24) is 0 Å². The van der Waals surface area contributed by atoms with Gasteiger partial charge in [-0.05, 0) is 19.1 Å². The van der Waals surface area contributed by atoms with E-state index in [2.05, 4.69) is 0 Å². The lowest BCUT2D eigenvalue weighted by molar-refractivity contribution is -0.933. The van der Waals surface area contributed by atoms with Gasteiger partial charge in [0, 0.05) is 28.5 Å². The highest BCUT2D eigenvalue weighted by Gasteiger charge is 2.30. The standard InChI is InChI=1S/C13H14N2O5S/c1-10-5-6-12(15(17)18)11(8-10)9-21(19,20)13-4-2-3-7-14(13)16/h2-8H,9H2,1H3,(H2-,16,19,20)/p+1. The van der Waals surface area contributed by atoms with Gasteiger partial charge in [0.1, 0.15) is 0 Å². The summed E-state index contributed by atoms with van der Waals surface area (Å²) in [5, 5.41) is 20.6. The van der Waals surface area contributed by atoms with Crippen LogP contribution in [0, 0.1) is 17.0 Å². The molecule has 0 bridgehead atoms. The van der Waals surface area contributed by atoms with Crippen LogP contribution in [0.1, 0.15) is 11.1 Å². The molecule has 1 aromatic carbocycles. The van der Waals surface area contributed by atoms with Crippen LogP contribution in [0.3, 0.4) is 0 Å². The number of nitro groups is 1. The van der Waals surface area contributed by atoms with E-state index in [1.807, 2.05) is 0 Å². The third-order valence-corrected chi connectivity index (χ3v) is 4.63. The van der Waals surface area contributed by atoms with Crippen molar-refractivity contribution in [2.75, 3.05) is 0 Å². The van der Waals surface area contributed by atoms with Crippen molar-refractivity contribution in [3.63, 3.8) is 0 Å². The molecule has 1 heterocycles. The number of nitro benzene ring substituents is 1. The third-order valence-electron chi connectivity index (χ3n) is 2.93. The molecule has 2 aromatic rings. The molecule has 0 saturated carbocycles. The molecule has 2 rings (SSSR count). The van der Waals surface area contributed by atoms with Crippen LogP contribution in [-0.4, -0.2) is 19.2 Å². The first-order valence-corrected chi connectivity index (χ1v) is 7.72. The van der Waals surface area contributed by atoms with E-state index in [1.165, 1.54) is 30.5 Å². The zero-order valence-electron chi connectivity index (χ0n) is 11.2. The second kappa shape index (κ2) is 5.68. The van der Waals surface area contributed by atoms with Gasteiger partial charge in [-0.1, -0.05) is 11.6 Å². The van der Waals surface area contributed by atoms with Crippen molar-refractivity contribution < 1.29 is 24.0 Å². The van der Waals surface area contributed by atoms with Crippen LogP contribution in [0.5, 0.6) is 0 Å². The molecule has 0 unspecified atom stereocenters. The fraction of sp³-hybridized carbons (Fsp3) is 0.154. The van der Waals surface area contributed by atoms with E-state index in [-0.39, 0.29) is 22.0 Å². The number of pyridine rings is 1. The van der Waals surface area contributed by atoms with E-state index in [0.29, 0.717) is 4.73 Å². The van der Waals surface area contributed by atoms with Gasteiger partial charge < -0.3 is 0 Å². The molecule has 21 heavy (non-hydrogen) atoms. The Balaban J connectivity index is 2.43. The normalized spacial score (nSPS) is 12.1. The number of aromatic nitrogens is 1. The van der Waals surface area contributed by atoms with Gasteiger partial charge in [-0.15, -0.1) is 10.6 Å². The number of hydrogen-bond donors (Lipinski definition) is 3. The summed E-state index contributed by atoms with van der Waals surface area (Å²) in [6, 6.07) is 8.88. The van der Waals surface area contributed by atoms with Crippen LogP contribution in [0.15, 0.2) is 47.6 Å². The monoisotopic (exact) mass is 311 g/mol. The molecule has 112 valence electrons. The Hall–Kier alpha value is -2.16. The van der Waals surface area contributed by atoms with Gasteiger partial charge >= 0.3 is 5.03 Å². The summed E-state index contributed by atoms with van der Waals surface area (Å²) >= 11 is 0. The quantitative estimate of drug-likeness (QED) is 0.348. The molecule has 0 radical (unpaired) electrons. The van der Waals surface area contributed by atoms with E-state index < -0.39 is 15.5 Å². The SMILES string of the molecule is Cc1ccc([N+](=O)[O-])c(CS(O)(O)c2cccc[n+]2O)c1. The Morgan fingerprint density at radius 2 is 2.00 bits per heavy atom. The molecule has 3 N–H and O–H groups in total. The molecule has 0 atom stereocenters. The summed E-state index contributed by atoms with van der Waals surface area (Å²) in [5.74, 6) is -0.338. The minimum absolute atomic E-state index is 0.0965. The number of nitrogens with zero attached hydrogens (tertiary/aromatic N) is 2. The van der Waals surface area contributed by atoms with Crippen LogP contribution < -0.4 is 4.73 Å². The van der Waals surface area contributed by atoms with Crippen LogP contribution in [0.25, 0.3) is 0 Å². The number of benzene rings is 1. The summed E-state index contributed by atoms with van der Waals surface area (Å²) in [4.78, 5) is 10.5. The Bertz CT molecular complexity index is 690. The molecule has 0 spiro atoms. The summed E-state index contributed by atoms with van der Waals surface area (Å²) in [7, 11) is -3.41. The molecule has 7 nitrogen and oxygen atoms in total. The topological polar surface area (TPSA) is 108 Å². The highest BCUT2D eigenvalue weighted by atomic mass is 32.3. The van der Waals surface area contributed by atoms with Crippen molar-refractivity contribution in [2.24, 2.45) is 0 Å². The summed E-state index contributed by atoms with van der Waals surface area (Å²) in [6.45, 7) is 1.76. The van der Waals surface area contributed by atoms with Crippen molar-refractivity contribution in [3.05, 3.63) is 63.8 Å². The number of aryl methyl sites for hydroxylation is 1. The zero-order chi connectivity index (χ0) is 15.6. The lowest BCUT2D eigenvalue weighted by Gasteiger charge is -2.27. The van der Waals surface area contributed by atoms with E-state index in [0.717, 1.165) is 5.56 Å².